The summed E-state index contributed by atoms with van der Waals surface area (Å²) in [6.07, 6.45) is 0. The van der Waals surface area contributed by atoms with E-state index < -0.39 is 11.7 Å². The number of fused-ring (bicyclic) bond motifs is 1. The SMILES string of the molecule is C[C@H](c1nc2ccccc2s1)N(C)C(=O)c1cc(Cl)ccc1F. The number of hydrogen-bond donors (Lipinski definition) is 0. The van der Waals surface area contributed by atoms with Gasteiger partial charge in [0.25, 0.3) is 5.91 Å². The average Bonchev–Trinajstić information content (AvgIpc) is 2.99. The van der Waals surface area contributed by atoms with Crippen LogP contribution in [-0.2, 0) is 0 Å². The summed E-state index contributed by atoms with van der Waals surface area (Å²) in [7, 11) is 1.64. The molecule has 0 aliphatic rings. The van der Waals surface area contributed by atoms with Gasteiger partial charge in [0.05, 0.1) is 21.8 Å². The second-order valence-corrected chi connectivity index (χ2v) is 6.73. The van der Waals surface area contributed by atoms with E-state index in [1.807, 2.05) is 31.2 Å². The molecule has 1 amide bonds. The first-order valence-corrected chi connectivity index (χ1v) is 8.24. The van der Waals surface area contributed by atoms with Crippen molar-refractivity contribution in [2.24, 2.45) is 0 Å². The van der Waals surface area contributed by atoms with Gasteiger partial charge in [-0.1, -0.05) is 23.7 Å². The van der Waals surface area contributed by atoms with E-state index in [1.165, 1.54) is 34.4 Å². The second-order valence-electron chi connectivity index (χ2n) is 5.24. The van der Waals surface area contributed by atoms with Crippen molar-refractivity contribution >= 4 is 39.1 Å². The fourth-order valence-corrected chi connectivity index (χ4v) is 3.50. The Morgan fingerprint density at radius 3 is 2.78 bits per heavy atom. The molecule has 3 nitrogen and oxygen atoms in total. The number of halogens is 2. The lowest BCUT2D eigenvalue weighted by Gasteiger charge is -2.23. The summed E-state index contributed by atoms with van der Waals surface area (Å²) in [6.45, 7) is 1.87. The minimum Gasteiger partial charge on any atom is -0.332 e. The highest BCUT2D eigenvalue weighted by atomic mass is 35.5. The van der Waals surface area contributed by atoms with Gasteiger partial charge in [-0.15, -0.1) is 11.3 Å². The van der Waals surface area contributed by atoms with E-state index in [-0.39, 0.29) is 11.6 Å². The van der Waals surface area contributed by atoms with Crippen molar-refractivity contribution in [3.8, 4) is 0 Å². The van der Waals surface area contributed by atoms with E-state index in [4.69, 9.17) is 11.6 Å². The molecule has 0 spiro atoms. The van der Waals surface area contributed by atoms with E-state index in [1.54, 1.807) is 7.05 Å². The predicted octanol–water partition coefficient (Wildman–Crippen LogP) is 4.92. The number of hydrogen-bond acceptors (Lipinski definition) is 3. The lowest BCUT2D eigenvalue weighted by Crippen LogP contribution is -2.30. The van der Waals surface area contributed by atoms with Crippen LogP contribution in [0.2, 0.25) is 5.02 Å². The van der Waals surface area contributed by atoms with Crippen LogP contribution in [0.25, 0.3) is 10.2 Å². The van der Waals surface area contributed by atoms with Gasteiger partial charge in [-0.2, -0.15) is 0 Å². The van der Waals surface area contributed by atoms with Gasteiger partial charge in [0.2, 0.25) is 0 Å². The van der Waals surface area contributed by atoms with Gasteiger partial charge in [0, 0.05) is 12.1 Å². The average molecular weight is 349 g/mol. The van der Waals surface area contributed by atoms with Crippen molar-refractivity contribution in [2.45, 2.75) is 13.0 Å². The van der Waals surface area contributed by atoms with Crippen LogP contribution in [0.4, 0.5) is 4.39 Å². The molecule has 1 aromatic heterocycles. The van der Waals surface area contributed by atoms with Crippen molar-refractivity contribution in [3.05, 3.63) is 63.9 Å². The Bertz CT molecular complexity index is 847. The van der Waals surface area contributed by atoms with Gasteiger partial charge in [0.1, 0.15) is 10.8 Å². The van der Waals surface area contributed by atoms with Crippen LogP contribution < -0.4 is 0 Å². The maximum atomic E-state index is 13.9. The Morgan fingerprint density at radius 2 is 2.04 bits per heavy atom. The summed E-state index contributed by atoms with van der Waals surface area (Å²) < 4.78 is 15.0. The molecule has 0 aliphatic carbocycles. The zero-order valence-corrected chi connectivity index (χ0v) is 14.2. The highest BCUT2D eigenvalue weighted by Crippen LogP contribution is 2.30. The molecular weight excluding hydrogens is 335 g/mol. The number of carbonyl (C=O) groups is 1. The minimum atomic E-state index is -0.581. The monoisotopic (exact) mass is 348 g/mol. The van der Waals surface area contributed by atoms with Crippen LogP contribution in [0, 0.1) is 5.82 Å². The molecule has 0 saturated carbocycles. The molecule has 1 atom stereocenters. The first-order chi connectivity index (χ1) is 11.0. The second kappa shape index (κ2) is 6.26. The third kappa shape index (κ3) is 3.07. The van der Waals surface area contributed by atoms with Crippen molar-refractivity contribution in [2.75, 3.05) is 7.05 Å². The summed E-state index contributed by atoms with van der Waals surface area (Å²) in [6, 6.07) is 11.5. The summed E-state index contributed by atoms with van der Waals surface area (Å²) >= 11 is 7.40. The van der Waals surface area contributed by atoms with Crippen LogP contribution in [-0.4, -0.2) is 22.8 Å². The van der Waals surface area contributed by atoms with E-state index in [0.29, 0.717) is 5.02 Å². The third-order valence-corrected chi connectivity index (χ3v) is 5.17. The van der Waals surface area contributed by atoms with Gasteiger partial charge in [-0.05, 0) is 37.3 Å². The molecule has 0 bridgehead atoms. The smallest absolute Gasteiger partial charge is 0.257 e. The molecule has 23 heavy (non-hydrogen) atoms. The highest BCUT2D eigenvalue weighted by Gasteiger charge is 2.24. The van der Waals surface area contributed by atoms with E-state index in [9.17, 15) is 9.18 Å². The quantitative estimate of drug-likeness (QED) is 0.673. The van der Waals surface area contributed by atoms with Crippen LogP contribution in [0.5, 0.6) is 0 Å². The maximum Gasteiger partial charge on any atom is 0.257 e. The lowest BCUT2D eigenvalue weighted by molar-refractivity contribution is 0.0738. The summed E-state index contributed by atoms with van der Waals surface area (Å²) in [5, 5.41) is 1.14. The topological polar surface area (TPSA) is 33.2 Å². The van der Waals surface area contributed by atoms with Crippen molar-refractivity contribution < 1.29 is 9.18 Å². The number of benzene rings is 2. The molecule has 0 saturated heterocycles. The fraction of sp³-hybridized carbons (Fsp3) is 0.176. The van der Waals surface area contributed by atoms with Crippen LogP contribution >= 0.6 is 22.9 Å². The normalized spacial score (nSPS) is 12.3. The van der Waals surface area contributed by atoms with Crippen LogP contribution in [0.15, 0.2) is 42.5 Å². The molecular formula is C17H14ClFN2OS. The number of para-hydroxylation sites is 1. The minimum absolute atomic E-state index is 0.0343. The van der Waals surface area contributed by atoms with Crippen LogP contribution in [0.3, 0.4) is 0 Å². The first kappa shape index (κ1) is 15.9. The highest BCUT2D eigenvalue weighted by molar-refractivity contribution is 7.18. The number of thiazole rings is 1. The lowest BCUT2D eigenvalue weighted by atomic mass is 10.1. The molecule has 0 fully saturated rings. The van der Waals surface area contributed by atoms with Crippen molar-refractivity contribution in [1.82, 2.24) is 9.88 Å². The fourth-order valence-electron chi connectivity index (χ4n) is 2.26. The molecule has 2 aromatic carbocycles. The van der Waals surface area contributed by atoms with E-state index in [0.717, 1.165) is 15.2 Å². The van der Waals surface area contributed by atoms with Crippen molar-refractivity contribution in [1.29, 1.82) is 0 Å². The standard InChI is InChI=1S/C17H14ClFN2OS/c1-10(16-20-14-5-3-4-6-15(14)23-16)21(2)17(22)12-9-11(18)7-8-13(12)19/h3-10H,1-2H3/t10-/m1/s1. The Morgan fingerprint density at radius 1 is 1.30 bits per heavy atom. The number of nitrogens with zero attached hydrogens (tertiary/aromatic N) is 2. The summed E-state index contributed by atoms with van der Waals surface area (Å²) in [5.41, 5.74) is 0.863. The van der Waals surface area contributed by atoms with E-state index >= 15 is 0 Å². The molecule has 0 N–H and O–H groups in total. The molecule has 3 rings (SSSR count). The zero-order valence-electron chi connectivity index (χ0n) is 12.6. The van der Waals surface area contributed by atoms with Crippen LogP contribution in [0.1, 0.15) is 28.3 Å². The van der Waals surface area contributed by atoms with Gasteiger partial charge >= 0.3 is 0 Å². The molecule has 1 heterocycles. The summed E-state index contributed by atoms with van der Waals surface area (Å²) in [5.74, 6) is -1.00. The first-order valence-electron chi connectivity index (χ1n) is 7.05. The molecule has 0 unspecified atom stereocenters. The van der Waals surface area contributed by atoms with E-state index in [2.05, 4.69) is 4.98 Å². The van der Waals surface area contributed by atoms with Gasteiger partial charge in [-0.3, -0.25) is 4.79 Å². The molecule has 0 radical (unpaired) electrons. The number of aromatic nitrogens is 1. The van der Waals surface area contributed by atoms with Gasteiger partial charge in [0.15, 0.2) is 0 Å². The summed E-state index contributed by atoms with van der Waals surface area (Å²) in [4.78, 5) is 18.6. The van der Waals surface area contributed by atoms with Gasteiger partial charge < -0.3 is 4.90 Å². The Kier molecular flexibility index (Phi) is 4.33. The molecule has 118 valence electrons. The Labute approximate surface area is 142 Å². The molecule has 3 aromatic rings. The Hall–Kier alpha value is -1.98. The maximum absolute atomic E-state index is 13.9. The predicted molar refractivity (Wildman–Crippen MR) is 91.5 cm³/mol. The zero-order chi connectivity index (χ0) is 16.6. The number of rotatable bonds is 3. The number of amides is 1. The number of carbonyl (C=O) groups excluding carboxylic acids is 1. The Balaban J connectivity index is 1.90. The molecule has 6 heteroatoms. The third-order valence-electron chi connectivity index (χ3n) is 3.73. The van der Waals surface area contributed by atoms with Crippen molar-refractivity contribution in [3.63, 3.8) is 0 Å². The largest absolute Gasteiger partial charge is 0.332 e. The molecule has 0 aliphatic heterocycles. The van der Waals surface area contributed by atoms with Gasteiger partial charge in [-0.25, -0.2) is 9.37 Å².